The first kappa shape index (κ1) is 15.0. The number of hydrogen-bond donors (Lipinski definition) is 1. The van der Waals surface area contributed by atoms with Gasteiger partial charge in [-0.3, -0.25) is 9.78 Å². The predicted octanol–water partition coefficient (Wildman–Crippen LogP) is 3.54. The van der Waals surface area contributed by atoms with E-state index in [4.69, 9.17) is 4.42 Å². The lowest BCUT2D eigenvalue weighted by Gasteiger charge is -2.15. The van der Waals surface area contributed by atoms with Gasteiger partial charge in [0.2, 0.25) is 0 Å². The van der Waals surface area contributed by atoms with E-state index in [2.05, 4.69) is 15.3 Å². The Morgan fingerprint density at radius 2 is 1.96 bits per heavy atom. The highest BCUT2D eigenvalue weighted by Gasteiger charge is 2.15. The molecule has 3 aromatic rings. The maximum absolute atomic E-state index is 12.5. The topological polar surface area (TPSA) is 68.0 Å². The molecule has 0 saturated heterocycles. The molecule has 23 heavy (non-hydrogen) atoms. The molecule has 0 saturated carbocycles. The first-order valence-corrected chi connectivity index (χ1v) is 7.37. The Morgan fingerprint density at radius 3 is 2.61 bits per heavy atom. The summed E-state index contributed by atoms with van der Waals surface area (Å²) in [5, 5.41) is 2.98. The van der Waals surface area contributed by atoms with E-state index in [1.807, 2.05) is 38.1 Å². The van der Waals surface area contributed by atoms with Crippen LogP contribution in [0.3, 0.4) is 0 Å². The quantitative estimate of drug-likeness (QED) is 0.800. The molecule has 0 aromatic carbocycles. The van der Waals surface area contributed by atoms with Gasteiger partial charge in [0.1, 0.15) is 5.69 Å². The second-order valence-electron chi connectivity index (χ2n) is 5.28. The van der Waals surface area contributed by atoms with Gasteiger partial charge in [-0.2, -0.15) is 0 Å². The molecular formula is C18H17N3O2. The van der Waals surface area contributed by atoms with Gasteiger partial charge in [-0.15, -0.1) is 0 Å². The molecular weight excluding hydrogens is 290 g/mol. The second kappa shape index (κ2) is 6.44. The van der Waals surface area contributed by atoms with Crippen molar-refractivity contribution in [3.8, 4) is 11.5 Å². The first-order chi connectivity index (χ1) is 11.1. The number of pyridine rings is 2. The van der Waals surface area contributed by atoms with Gasteiger partial charge < -0.3 is 9.73 Å². The SMILES string of the molecule is Cc1nc(-c2ccco2)ccc1C(=O)N[C@@H](C)c1ccncc1. The highest BCUT2D eigenvalue weighted by Crippen LogP contribution is 2.20. The molecule has 1 atom stereocenters. The van der Waals surface area contributed by atoms with Crippen LogP contribution in [0.25, 0.3) is 11.5 Å². The molecule has 3 heterocycles. The molecule has 5 heteroatoms. The standard InChI is InChI=1S/C18H17N3O2/c1-12(14-7-9-19-10-8-14)21-18(22)15-5-6-16(20-13(15)2)17-4-3-11-23-17/h3-12H,1-2H3,(H,21,22)/t12-/m0/s1. The van der Waals surface area contributed by atoms with Gasteiger partial charge in [0.15, 0.2) is 5.76 Å². The fourth-order valence-corrected chi connectivity index (χ4v) is 2.37. The van der Waals surface area contributed by atoms with Crippen LogP contribution in [0.1, 0.15) is 34.6 Å². The summed E-state index contributed by atoms with van der Waals surface area (Å²) < 4.78 is 5.33. The zero-order chi connectivity index (χ0) is 16.2. The smallest absolute Gasteiger partial charge is 0.253 e. The zero-order valence-corrected chi connectivity index (χ0v) is 13.0. The van der Waals surface area contributed by atoms with Gasteiger partial charge in [-0.05, 0) is 55.8 Å². The third kappa shape index (κ3) is 3.29. The van der Waals surface area contributed by atoms with Crippen LogP contribution < -0.4 is 5.32 Å². The van der Waals surface area contributed by atoms with Crippen LogP contribution in [0.5, 0.6) is 0 Å². The van der Waals surface area contributed by atoms with Crippen LogP contribution in [0.2, 0.25) is 0 Å². The van der Waals surface area contributed by atoms with Crippen molar-refractivity contribution < 1.29 is 9.21 Å². The molecule has 0 aliphatic carbocycles. The second-order valence-corrected chi connectivity index (χ2v) is 5.28. The van der Waals surface area contributed by atoms with Gasteiger partial charge in [-0.25, -0.2) is 4.98 Å². The molecule has 1 amide bonds. The Labute approximate surface area is 134 Å². The Balaban J connectivity index is 1.77. The van der Waals surface area contributed by atoms with E-state index in [0.29, 0.717) is 22.7 Å². The summed E-state index contributed by atoms with van der Waals surface area (Å²) >= 11 is 0. The molecule has 0 aliphatic heterocycles. The number of nitrogens with one attached hydrogen (secondary N) is 1. The van der Waals surface area contributed by atoms with Crippen LogP contribution in [0.4, 0.5) is 0 Å². The molecule has 0 spiro atoms. The third-order valence-electron chi connectivity index (χ3n) is 3.66. The Bertz CT molecular complexity index is 798. The van der Waals surface area contributed by atoms with E-state index in [1.165, 1.54) is 0 Å². The minimum Gasteiger partial charge on any atom is -0.463 e. The van der Waals surface area contributed by atoms with Crippen LogP contribution >= 0.6 is 0 Å². The lowest BCUT2D eigenvalue weighted by Crippen LogP contribution is -2.27. The van der Waals surface area contributed by atoms with Crippen molar-refractivity contribution in [1.82, 2.24) is 15.3 Å². The molecule has 5 nitrogen and oxygen atoms in total. The van der Waals surface area contributed by atoms with Crippen LogP contribution in [0, 0.1) is 6.92 Å². The number of rotatable bonds is 4. The number of carbonyl (C=O) groups is 1. The van der Waals surface area contributed by atoms with Gasteiger partial charge >= 0.3 is 0 Å². The fourth-order valence-electron chi connectivity index (χ4n) is 2.37. The minimum absolute atomic E-state index is 0.102. The van der Waals surface area contributed by atoms with Crippen molar-refractivity contribution in [3.63, 3.8) is 0 Å². The van der Waals surface area contributed by atoms with Crippen molar-refractivity contribution in [3.05, 3.63) is 71.9 Å². The van der Waals surface area contributed by atoms with Gasteiger partial charge in [0, 0.05) is 12.4 Å². The highest BCUT2D eigenvalue weighted by atomic mass is 16.3. The third-order valence-corrected chi connectivity index (χ3v) is 3.66. The lowest BCUT2D eigenvalue weighted by molar-refractivity contribution is 0.0939. The van der Waals surface area contributed by atoms with E-state index in [0.717, 1.165) is 5.56 Å². The summed E-state index contributed by atoms with van der Waals surface area (Å²) in [7, 11) is 0. The molecule has 0 aliphatic rings. The number of carbonyl (C=O) groups excluding carboxylic acids is 1. The number of hydrogen-bond acceptors (Lipinski definition) is 4. The number of amides is 1. The summed E-state index contributed by atoms with van der Waals surface area (Å²) in [6.07, 6.45) is 5.02. The molecule has 0 fully saturated rings. The number of furan rings is 1. The van der Waals surface area contributed by atoms with Crippen molar-refractivity contribution in [2.24, 2.45) is 0 Å². The van der Waals surface area contributed by atoms with E-state index in [9.17, 15) is 4.79 Å². The van der Waals surface area contributed by atoms with E-state index >= 15 is 0 Å². The lowest BCUT2D eigenvalue weighted by atomic mass is 10.1. The molecule has 3 aromatic heterocycles. The summed E-state index contributed by atoms with van der Waals surface area (Å²) in [6, 6.07) is 10.9. The molecule has 0 radical (unpaired) electrons. The van der Waals surface area contributed by atoms with Gasteiger partial charge in [0.25, 0.3) is 5.91 Å². The predicted molar refractivity (Wildman–Crippen MR) is 86.8 cm³/mol. The average molecular weight is 307 g/mol. The number of aryl methyl sites for hydroxylation is 1. The van der Waals surface area contributed by atoms with E-state index in [1.54, 1.807) is 30.8 Å². The summed E-state index contributed by atoms with van der Waals surface area (Å²) in [5.74, 6) is 0.538. The zero-order valence-electron chi connectivity index (χ0n) is 13.0. The molecule has 116 valence electrons. The van der Waals surface area contributed by atoms with Crippen molar-refractivity contribution in [2.75, 3.05) is 0 Å². The Morgan fingerprint density at radius 1 is 1.17 bits per heavy atom. The maximum atomic E-state index is 12.5. The van der Waals surface area contributed by atoms with Crippen molar-refractivity contribution in [2.45, 2.75) is 19.9 Å². The summed E-state index contributed by atoms with van der Waals surface area (Å²) in [6.45, 7) is 3.76. The largest absolute Gasteiger partial charge is 0.463 e. The normalized spacial score (nSPS) is 11.9. The molecule has 1 N–H and O–H groups in total. The maximum Gasteiger partial charge on any atom is 0.253 e. The molecule has 3 rings (SSSR count). The van der Waals surface area contributed by atoms with Crippen molar-refractivity contribution >= 4 is 5.91 Å². The average Bonchev–Trinajstić information content (AvgIpc) is 3.10. The monoisotopic (exact) mass is 307 g/mol. The van der Waals surface area contributed by atoms with E-state index in [-0.39, 0.29) is 11.9 Å². The molecule has 0 unspecified atom stereocenters. The van der Waals surface area contributed by atoms with Gasteiger partial charge in [-0.1, -0.05) is 0 Å². The Hall–Kier alpha value is -2.95. The summed E-state index contributed by atoms with van der Waals surface area (Å²) in [5.41, 5.74) is 2.94. The highest BCUT2D eigenvalue weighted by molar-refractivity contribution is 5.95. The van der Waals surface area contributed by atoms with Crippen molar-refractivity contribution in [1.29, 1.82) is 0 Å². The van der Waals surface area contributed by atoms with Crippen LogP contribution in [0.15, 0.2) is 59.5 Å². The first-order valence-electron chi connectivity index (χ1n) is 7.37. The molecule has 0 bridgehead atoms. The number of aromatic nitrogens is 2. The summed E-state index contributed by atoms with van der Waals surface area (Å²) in [4.78, 5) is 20.9. The minimum atomic E-state index is -0.148. The Kier molecular flexibility index (Phi) is 4.19. The van der Waals surface area contributed by atoms with E-state index < -0.39 is 0 Å². The van der Waals surface area contributed by atoms with Gasteiger partial charge in [0.05, 0.1) is 23.6 Å². The van der Waals surface area contributed by atoms with Crippen LogP contribution in [-0.2, 0) is 0 Å². The fraction of sp³-hybridized carbons (Fsp3) is 0.167. The van der Waals surface area contributed by atoms with Crippen LogP contribution in [-0.4, -0.2) is 15.9 Å². The number of nitrogens with zero attached hydrogens (tertiary/aromatic N) is 2.